The van der Waals surface area contributed by atoms with Crippen molar-refractivity contribution in [1.29, 1.82) is 0 Å². The third-order valence-electron chi connectivity index (χ3n) is 2.55. The van der Waals surface area contributed by atoms with Crippen molar-refractivity contribution in [3.05, 3.63) is 62.7 Å². The fraction of sp³-hybridized carbons (Fsp3) is 0.143. The minimum Gasteiger partial charge on any atom is -0.484 e. The number of benzene rings is 2. The van der Waals surface area contributed by atoms with Crippen LogP contribution in [0.3, 0.4) is 0 Å². The lowest BCUT2D eigenvalue weighted by atomic mass is 10.1. The molecule has 0 aliphatic heterocycles. The number of hydrogen-bond donors (Lipinski definition) is 1. The zero-order valence-electron chi connectivity index (χ0n) is 9.64. The monoisotopic (exact) mass is 373 g/mol. The van der Waals surface area contributed by atoms with Gasteiger partial charge in [-0.15, -0.1) is 0 Å². The molecule has 0 aromatic heterocycles. The molecular weight excluding hydrogens is 361 g/mol. The normalized spacial score (nSPS) is 12.2. The van der Waals surface area contributed by atoms with Gasteiger partial charge in [0.05, 0.1) is 0 Å². The summed E-state index contributed by atoms with van der Waals surface area (Å²) in [4.78, 5) is 0. The van der Waals surface area contributed by atoms with E-state index in [9.17, 15) is 0 Å². The van der Waals surface area contributed by atoms with Gasteiger partial charge in [0.1, 0.15) is 11.9 Å². The van der Waals surface area contributed by atoms with Crippen molar-refractivity contribution in [2.45, 2.75) is 6.10 Å². The van der Waals surface area contributed by atoms with E-state index in [1.54, 1.807) is 0 Å². The fourth-order valence-electron chi connectivity index (χ4n) is 1.61. The number of nitrogens with two attached hydrogens (primary N) is 1. The maximum absolute atomic E-state index is 5.87. The third kappa shape index (κ3) is 3.60. The first-order chi connectivity index (χ1) is 8.69. The lowest BCUT2D eigenvalue weighted by Gasteiger charge is -2.18. The highest BCUT2D eigenvalue weighted by molar-refractivity contribution is 14.1. The van der Waals surface area contributed by atoms with Crippen LogP contribution in [0.15, 0.2) is 48.5 Å². The molecule has 0 amide bonds. The predicted molar refractivity (Wildman–Crippen MR) is 83.0 cm³/mol. The first kappa shape index (κ1) is 13.6. The Labute approximate surface area is 125 Å². The van der Waals surface area contributed by atoms with E-state index in [4.69, 9.17) is 22.1 Å². The van der Waals surface area contributed by atoms with Crippen molar-refractivity contribution in [3.63, 3.8) is 0 Å². The summed E-state index contributed by atoms with van der Waals surface area (Å²) >= 11 is 8.12. The minimum atomic E-state index is -0.151. The van der Waals surface area contributed by atoms with Crippen molar-refractivity contribution < 1.29 is 4.74 Å². The second-order valence-electron chi connectivity index (χ2n) is 3.85. The first-order valence-electron chi connectivity index (χ1n) is 5.57. The van der Waals surface area contributed by atoms with E-state index in [-0.39, 0.29) is 6.10 Å². The molecule has 1 atom stereocenters. The van der Waals surface area contributed by atoms with Gasteiger partial charge in [-0.1, -0.05) is 23.7 Å². The Morgan fingerprint density at radius 1 is 1.06 bits per heavy atom. The average molecular weight is 374 g/mol. The molecule has 2 N–H and O–H groups in total. The number of rotatable bonds is 4. The van der Waals surface area contributed by atoms with Gasteiger partial charge in [-0.3, -0.25) is 0 Å². The van der Waals surface area contributed by atoms with E-state index in [1.165, 1.54) is 3.57 Å². The summed E-state index contributed by atoms with van der Waals surface area (Å²) in [5.74, 6) is 0.820. The standard InChI is InChI=1S/C14H13ClINO/c15-11-3-1-10(2-4-11)14(9-17)18-13-7-5-12(16)6-8-13/h1-8,14H,9,17H2. The van der Waals surface area contributed by atoms with Gasteiger partial charge < -0.3 is 10.5 Å². The molecule has 1 unspecified atom stereocenters. The summed E-state index contributed by atoms with van der Waals surface area (Å²) in [6.07, 6.45) is -0.151. The Hall–Kier alpha value is -0.780. The molecule has 0 radical (unpaired) electrons. The van der Waals surface area contributed by atoms with Gasteiger partial charge in [-0.05, 0) is 64.6 Å². The van der Waals surface area contributed by atoms with Crippen LogP contribution in [0, 0.1) is 3.57 Å². The summed E-state index contributed by atoms with van der Waals surface area (Å²) < 4.78 is 7.05. The van der Waals surface area contributed by atoms with Crippen molar-refractivity contribution in [1.82, 2.24) is 0 Å². The van der Waals surface area contributed by atoms with Gasteiger partial charge in [0.15, 0.2) is 0 Å². The molecule has 2 rings (SSSR count). The number of halogens is 2. The van der Waals surface area contributed by atoms with Crippen molar-refractivity contribution in [2.24, 2.45) is 5.73 Å². The van der Waals surface area contributed by atoms with E-state index in [1.807, 2.05) is 48.5 Å². The van der Waals surface area contributed by atoms with Crippen LogP contribution in [-0.4, -0.2) is 6.54 Å². The molecule has 0 spiro atoms. The fourth-order valence-corrected chi connectivity index (χ4v) is 2.09. The SMILES string of the molecule is NCC(Oc1ccc(I)cc1)c1ccc(Cl)cc1. The van der Waals surface area contributed by atoms with Gasteiger partial charge in [0.25, 0.3) is 0 Å². The molecule has 0 aliphatic carbocycles. The number of ether oxygens (including phenoxy) is 1. The summed E-state index contributed by atoms with van der Waals surface area (Å²) in [6, 6.07) is 15.5. The van der Waals surface area contributed by atoms with Crippen LogP contribution in [0.4, 0.5) is 0 Å². The molecule has 0 saturated heterocycles. The summed E-state index contributed by atoms with van der Waals surface area (Å²) in [7, 11) is 0. The Morgan fingerprint density at radius 3 is 2.22 bits per heavy atom. The third-order valence-corrected chi connectivity index (χ3v) is 3.52. The van der Waals surface area contributed by atoms with Crippen LogP contribution < -0.4 is 10.5 Å². The molecule has 0 aliphatic rings. The molecule has 18 heavy (non-hydrogen) atoms. The zero-order valence-corrected chi connectivity index (χ0v) is 12.6. The molecule has 4 heteroatoms. The van der Waals surface area contributed by atoms with Gasteiger partial charge >= 0.3 is 0 Å². The van der Waals surface area contributed by atoms with Gasteiger partial charge in [-0.25, -0.2) is 0 Å². The largest absolute Gasteiger partial charge is 0.484 e. The van der Waals surface area contributed by atoms with E-state index in [2.05, 4.69) is 22.6 Å². The molecule has 0 heterocycles. The van der Waals surface area contributed by atoms with E-state index in [0.717, 1.165) is 11.3 Å². The summed E-state index contributed by atoms with van der Waals surface area (Å²) in [6.45, 7) is 0.424. The lowest BCUT2D eigenvalue weighted by Crippen LogP contribution is -2.18. The maximum Gasteiger partial charge on any atom is 0.136 e. The van der Waals surface area contributed by atoms with Crippen LogP contribution in [0.5, 0.6) is 5.75 Å². The predicted octanol–water partition coefficient (Wildman–Crippen LogP) is 4.02. The molecule has 2 nitrogen and oxygen atoms in total. The van der Waals surface area contributed by atoms with Crippen LogP contribution >= 0.6 is 34.2 Å². The molecule has 2 aromatic rings. The van der Waals surface area contributed by atoms with Crippen molar-refractivity contribution in [3.8, 4) is 5.75 Å². The molecular formula is C14H13ClINO. The maximum atomic E-state index is 5.87. The molecule has 2 aromatic carbocycles. The van der Waals surface area contributed by atoms with E-state index >= 15 is 0 Å². The van der Waals surface area contributed by atoms with Crippen molar-refractivity contribution in [2.75, 3.05) is 6.54 Å². The van der Waals surface area contributed by atoms with Crippen LogP contribution in [0.1, 0.15) is 11.7 Å². The Bertz CT molecular complexity index is 498. The van der Waals surface area contributed by atoms with Crippen LogP contribution in [0.2, 0.25) is 5.02 Å². The summed E-state index contributed by atoms with van der Waals surface area (Å²) in [5.41, 5.74) is 6.79. The summed E-state index contributed by atoms with van der Waals surface area (Å²) in [5, 5.41) is 0.712. The second kappa shape index (κ2) is 6.41. The number of hydrogen-bond acceptors (Lipinski definition) is 2. The first-order valence-corrected chi connectivity index (χ1v) is 7.02. The quantitative estimate of drug-likeness (QED) is 0.822. The van der Waals surface area contributed by atoms with Crippen LogP contribution in [-0.2, 0) is 0 Å². The van der Waals surface area contributed by atoms with Gasteiger partial charge in [0, 0.05) is 15.1 Å². The lowest BCUT2D eigenvalue weighted by molar-refractivity contribution is 0.214. The Morgan fingerprint density at radius 2 is 1.67 bits per heavy atom. The van der Waals surface area contributed by atoms with Crippen molar-refractivity contribution >= 4 is 34.2 Å². The smallest absolute Gasteiger partial charge is 0.136 e. The van der Waals surface area contributed by atoms with E-state index < -0.39 is 0 Å². The topological polar surface area (TPSA) is 35.2 Å². The second-order valence-corrected chi connectivity index (χ2v) is 5.53. The average Bonchev–Trinajstić information content (AvgIpc) is 2.39. The molecule has 0 saturated carbocycles. The molecule has 94 valence electrons. The molecule has 0 fully saturated rings. The Balaban J connectivity index is 2.14. The van der Waals surface area contributed by atoms with E-state index in [0.29, 0.717) is 11.6 Å². The Kier molecular flexibility index (Phi) is 4.86. The van der Waals surface area contributed by atoms with Gasteiger partial charge in [0.2, 0.25) is 0 Å². The van der Waals surface area contributed by atoms with Crippen LogP contribution in [0.25, 0.3) is 0 Å². The molecule has 0 bridgehead atoms. The highest BCUT2D eigenvalue weighted by Crippen LogP contribution is 2.23. The highest BCUT2D eigenvalue weighted by Gasteiger charge is 2.11. The minimum absolute atomic E-state index is 0.151. The zero-order chi connectivity index (χ0) is 13.0. The highest BCUT2D eigenvalue weighted by atomic mass is 127. The van der Waals surface area contributed by atoms with Gasteiger partial charge in [-0.2, -0.15) is 0 Å².